The Bertz CT molecular complexity index is 1380. The zero-order valence-corrected chi connectivity index (χ0v) is 18.5. The fourth-order valence-electron chi connectivity index (χ4n) is 3.33. The molecule has 4 rings (SSSR count). The van der Waals surface area contributed by atoms with E-state index in [0.717, 1.165) is 28.0 Å². The van der Waals surface area contributed by atoms with Gasteiger partial charge in [-0.25, -0.2) is 4.79 Å². The number of benzene rings is 2. The molecule has 0 radical (unpaired) electrons. The molecule has 166 valence electrons. The number of aryl methyl sites for hydroxylation is 3. The molecule has 33 heavy (non-hydrogen) atoms. The summed E-state index contributed by atoms with van der Waals surface area (Å²) in [4.78, 5) is 12.3. The highest BCUT2D eigenvalue weighted by molar-refractivity contribution is 5.61. The van der Waals surface area contributed by atoms with Crippen LogP contribution in [0, 0.1) is 26.2 Å². The molecule has 0 unspecified atom stereocenters. The van der Waals surface area contributed by atoms with Crippen molar-refractivity contribution in [3.8, 4) is 40.9 Å². The lowest BCUT2D eigenvalue weighted by Crippen LogP contribution is -2.23. The molecule has 0 bridgehead atoms. The van der Waals surface area contributed by atoms with Crippen LogP contribution in [0.4, 0.5) is 0 Å². The molecule has 0 aliphatic carbocycles. The van der Waals surface area contributed by atoms with Crippen LogP contribution in [0.1, 0.15) is 16.7 Å². The number of hydrogen-bond donors (Lipinski definition) is 0. The largest absolute Gasteiger partial charge is 0.489 e. The van der Waals surface area contributed by atoms with Crippen LogP contribution in [0.5, 0.6) is 11.6 Å². The van der Waals surface area contributed by atoms with E-state index in [2.05, 4.69) is 26.5 Å². The van der Waals surface area contributed by atoms with Crippen molar-refractivity contribution in [1.82, 2.24) is 30.0 Å². The Labute approximate surface area is 190 Å². The molecule has 2 heterocycles. The number of tetrazole rings is 1. The Morgan fingerprint density at radius 3 is 2.52 bits per heavy atom. The SMILES string of the molecule is C#CCOc1ccc(-c2ccc(OCc3c(C)cccc3-n3nnn(C)c3=O)c(C)c2)nn1. The summed E-state index contributed by atoms with van der Waals surface area (Å²) in [6.45, 7) is 4.34. The van der Waals surface area contributed by atoms with Gasteiger partial charge < -0.3 is 9.47 Å². The van der Waals surface area contributed by atoms with Gasteiger partial charge in [-0.1, -0.05) is 18.1 Å². The van der Waals surface area contributed by atoms with E-state index in [1.165, 1.54) is 9.36 Å². The van der Waals surface area contributed by atoms with Crippen molar-refractivity contribution in [2.24, 2.45) is 7.05 Å². The van der Waals surface area contributed by atoms with Crippen molar-refractivity contribution in [1.29, 1.82) is 0 Å². The number of rotatable bonds is 7. The Morgan fingerprint density at radius 2 is 1.85 bits per heavy atom. The summed E-state index contributed by atoms with van der Waals surface area (Å²) >= 11 is 0. The van der Waals surface area contributed by atoms with Gasteiger partial charge in [0.25, 0.3) is 0 Å². The van der Waals surface area contributed by atoms with Crippen LogP contribution < -0.4 is 15.2 Å². The van der Waals surface area contributed by atoms with E-state index >= 15 is 0 Å². The van der Waals surface area contributed by atoms with Crippen molar-refractivity contribution in [2.75, 3.05) is 6.61 Å². The molecule has 0 amide bonds. The Kier molecular flexibility index (Phi) is 6.17. The molecule has 0 fully saturated rings. The molecule has 9 heteroatoms. The Hall–Kier alpha value is -4.45. The zero-order chi connectivity index (χ0) is 23.4. The van der Waals surface area contributed by atoms with Crippen molar-refractivity contribution < 1.29 is 9.47 Å². The van der Waals surface area contributed by atoms with E-state index in [4.69, 9.17) is 15.9 Å². The van der Waals surface area contributed by atoms with Gasteiger partial charge in [0.2, 0.25) is 5.88 Å². The van der Waals surface area contributed by atoms with Crippen molar-refractivity contribution in [3.05, 3.63) is 75.7 Å². The lowest BCUT2D eigenvalue weighted by Gasteiger charge is -2.15. The summed E-state index contributed by atoms with van der Waals surface area (Å²) in [5.41, 5.74) is 4.72. The summed E-state index contributed by atoms with van der Waals surface area (Å²) in [5.74, 6) is 3.49. The monoisotopic (exact) mass is 442 g/mol. The molecular weight excluding hydrogens is 420 g/mol. The first-order valence-corrected chi connectivity index (χ1v) is 10.2. The predicted molar refractivity (Wildman–Crippen MR) is 122 cm³/mol. The molecule has 4 aromatic rings. The van der Waals surface area contributed by atoms with Crippen molar-refractivity contribution >= 4 is 0 Å². The lowest BCUT2D eigenvalue weighted by atomic mass is 10.1. The number of nitrogens with zero attached hydrogens (tertiary/aromatic N) is 6. The van der Waals surface area contributed by atoms with Crippen molar-refractivity contribution in [3.63, 3.8) is 0 Å². The van der Waals surface area contributed by atoms with Gasteiger partial charge in [-0.05, 0) is 65.7 Å². The molecule has 0 spiro atoms. The maximum atomic E-state index is 12.3. The van der Waals surface area contributed by atoms with E-state index < -0.39 is 0 Å². The van der Waals surface area contributed by atoms with E-state index in [9.17, 15) is 4.79 Å². The third-order valence-electron chi connectivity index (χ3n) is 5.12. The van der Waals surface area contributed by atoms with Gasteiger partial charge in [-0.2, -0.15) is 9.36 Å². The molecule has 2 aromatic heterocycles. The van der Waals surface area contributed by atoms with E-state index in [1.807, 2.05) is 56.3 Å². The molecule has 0 aliphatic rings. The smallest absolute Gasteiger partial charge is 0.368 e. The summed E-state index contributed by atoms with van der Waals surface area (Å²) in [7, 11) is 1.56. The maximum Gasteiger partial charge on any atom is 0.368 e. The minimum atomic E-state index is -0.320. The number of terminal acetylenes is 1. The first-order chi connectivity index (χ1) is 16.0. The van der Waals surface area contributed by atoms with Crippen LogP contribution in [-0.4, -0.2) is 36.6 Å². The quantitative estimate of drug-likeness (QED) is 0.406. The Morgan fingerprint density at radius 1 is 1.00 bits per heavy atom. The highest BCUT2D eigenvalue weighted by Crippen LogP contribution is 2.27. The van der Waals surface area contributed by atoms with E-state index in [1.54, 1.807) is 13.1 Å². The first kappa shape index (κ1) is 21.8. The minimum Gasteiger partial charge on any atom is -0.489 e. The van der Waals surface area contributed by atoms with E-state index in [-0.39, 0.29) is 18.9 Å². The van der Waals surface area contributed by atoms with Crippen LogP contribution >= 0.6 is 0 Å². The standard InChI is InChI=1S/C24H22N6O3/c1-5-13-32-23-12-10-20(25-26-23)18-9-11-22(17(3)14-18)33-15-19-16(2)7-6-8-21(19)30-24(31)29(4)27-28-30/h1,6-12,14H,13,15H2,2-4H3. The van der Waals surface area contributed by atoms with Crippen LogP contribution in [0.2, 0.25) is 0 Å². The topological polar surface area (TPSA) is 97.0 Å². The highest BCUT2D eigenvalue weighted by atomic mass is 16.5. The van der Waals surface area contributed by atoms with Crippen LogP contribution in [0.25, 0.3) is 16.9 Å². The van der Waals surface area contributed by atoms with Crippen LogP contribution in [0.3, 0.4) is 0 Å². The predicted octanol–water partition coefficient (Wildman–Crippen LogP) is 2.63. The van der Waals surface area contributed by atoms with Gasteiger partial charge >= 0.3 is 5.69 Å². The second-order valence-electron chi connectivity index (χ2n) is 7.39. The van der Waals surface area contributed by atoms with Gasteiger partial charge in [0.05, 0.1) is 11.4 Å². The molecule has 0 atom stereocenters. The third kappa shape index (κ3) is 4.60. The van der Waals surface area contributed by atoms with Gasteiger partial charge in [-0.3, -0.25) is 0 Å². The van der Waals surface area contributed by atoms with Gasteiger partial charge in [0, 0.05) is 24.2 Å². The maximum absolute atomic E-state index is 12.3. The van der Waals surface area contributed by atoms with Crippen molar-refractivity contribution in [2.45, 2.75) is 20.5 Å². The summed E-state index contributed by atoms with van der Waals surface area (Å²) in [6.07, 6.45) is 5.19. The van der Waals surface area contributed by atoms with Gasteiger partial charge in [-0.15, -0.1) is 16.6 Å². The number of hydrogen-bond acceptors (Lipinski definition) is 7. The second kappa shape index (κ2) is 9.36. The normalized spacial score (nSPS) is 10.6. The molecule has 0 aliphatic heterocycles. The van der Waals surface area contributed by atoms with E-state index in [0.29, 0.717) is 17.3 Å². The molecule has 0 saturated heterocycles. The fraction of sp³-hybridized carbons (Fsp3) is 0.208. The highest BCUT2D eigenvalue weighted by Gasteiger charge is 2.14. The molecular formula is C24H22N6O3. The van der Waals surface area contributed by atoms with Crippen LogP contribution in [-0.2, 0) is 13.7 Å². The van der Waals surface area contributed by atoms with Crippen LogP contribution in [0.15, 0.2) is 53.3 Å². The average molecular weight is 442 g/mol. The number of aromatic nitrogens is 6. The fourth-order valence-corrected chi connectivity index (χ4v) is 3.33. The third-order valence-corrected chi connectivity index (χ3v) is 5.12. The minimum absolute atomic E-state index is 0.146. The Balaban J connectivity index is 1.54. The molecule has 9 nitrogen and oxygen atoms in total. The summed E-state index contributed by atoms with van der Waals surface area (Å²) < 4.78 is 13.8. The molecule has 0 saturated carbocycles. The zero-order valence-electron chi connectivity index (χ0n) is 18.5. The second-order valence-corrected chi connectivity index (χ2v) is 7.39. The summed E-state index contributed by atoms with van der Waals surface area (Å²) in [5, 5.41) is 16.0. The van der Waals surface area contributed by atoms with Gasteiger partial charge in [0.15, 0.2) is 6.61 Å². The lowest BCUT2D eigenvalue weighted by molar-refractivity contribution is 0.302. The molecule has 0 N–H and O–H groups in total. The first-order valence-electron chi connectivity index (χ1n) is 10.2. The number of ether oxygens (including phenoxy) is 2. The summed E-state index contributed by atoms with van der Waals surface area (Å²) in [6, 6.07) is 15.0. The average Bonchev–Trinajstić information content (AvgIpc) is 3.15. The van der Waals surface area contributed by atoms with Gasteiger partial charge in [0.1, 0.15) is 12.4 Å². The molecule has 2 aromatic carbocycles.